The number of hydrogen-bond donors (Lipinski definition) is 1. The first-order valence-corrected chi connectivity index (χ1v) is 7.61. The average Bonchev–Trinajstić information content (AvgIpc) is 3.18. The van der Waals surface area contributed by atoms with Crippen LogP contribution in [0, 0.1) is 0 Å². The van der Waals surface area contributed by atoms with E-state index < -0.39 is 0 Å². The lowest BCUT2D eigenvalue weighted by molar-refractivity contribution is -0.120. The SMILES string of the molecule is Cn1ccnc1S[C@H](C(=O)NC1CC1)c1ccccc1. The van der Waals surface area contributed by atoms with Crippen LogP contribution in [0.2, 0.25) is 0 Å². The Balaban J connectivity index is 1.82. The first-order valence-electron chi connectivity index (χ1n) is 6.73. The summed E-state index contributed by atoms with van der Waals surface area (Å²) in [5, 5.41) is 3.69. The fraction of sp³-hybridized carbons (Fsp3) is 0.333. The highest BCUT2D eigenvalue weighted by molar-refractivity contribution is 8.00. The lowest BCUT2D eigenvalue weighted by Crippen LogP contribution is -2.29. The summed E-state index contributed by atoms with van der Waals surface area (Å²) in [6.07, 6.45) is 5.84. The molecule has 1 fully saturated rings. The second-order valence-corrected chi connectivity index (χ2v) is 6.08. The van der Waals surface area contributed by atoms with Gasteiger partial charge in [-0.05, 0) is 18.4 Å². The number of hydrogen-bond acceptors (Lipinski definition) is 3. The van der Waals surface area contributed by atoms with Crippen LogP contribution in [0.5, 0.6) is 0 Å². The maximum Gasteiger partial charge on any atom is 0.238 e. The van der Waals surface area contributed by atoms with Crippen LogP contribution in [0.25, 0.3) is 0 Å². The van der Waals surface area contributed by atoms with Crippen molar-refractivity contribution in [3.05, 3.63) is 48.3 Å². The number of aromatic nitrogens is 2. The Kier molecular flexibility index (Phi) is 3.78. The topological polar surface area (TPSA) is 46.9 Å². The molecule has 20 heavy (non-hydrogen) atoms. The number of nitrogens with one attached hydrogen (secondary N) is 1. The molecule has 4 nitrogen and oxygen atoms in total. The molecule has 1 heterocycles. The maximum atomic E-state index is 12.5. The Morgan fingerprint density at radius 1 is 1.40 bits per heavy atom. The lowest BCUT2D eigenvalue weighted by Gasteiger charge is -2.16. The van der Waals surface area contributed by atoms with Crippen LogP contribution in [-0.4, -0.2) is 21.5 Å². The number of benzene rings is 1. The fourth-order valence-corrected chi connectivity index (χ4v) is 3.00. The molecule has 1 atom stereocenters. The predicted molar refractivity (Wildman–Crippen MR) is 79.4 cm³/mol. The minimum atomic E-state index is -0.252. The van der Waals surface area contributed by atoms with Gasteiger partial charge in [0.15, 0.2) is 5.16 Å². The number of imidazole rings is 1. The molecule has 1 aliphatic carbocycles. The zero-order valence-corrected chi connectivity index (χ0v) is 12.1. The Labute approximate surface area is 122 Å². The Morgan fingerprint density at radius 3 is 2.75 bits per heavy atom. The quantitative estimate of drug-likeness (QED) is 0.860. The molecule has 104 valence electrons. The van der Waals surface area contributed by atoms with E-state index in [1.807, 2.05) is 48.1 Å². The Morgan fingerprint density at radius 2 is 2.15 bits per heavy atom. The molecule has 1 N–H and O–H groups in total. The third-order valence-electron chi connectivity index (χ3n) is 3.26. The van der Waals surface area contributed by atoms with Gasteiger partial charge >= 0.3 is 0 Å². The molecule has 0 aliphatic heterocycles. The Hall–Kier alpha value is -1.75. The van der Waals surface area contributed by atoms with Gasteiger partial charge in [-0.3, -0.25) is 4.79 Å². The summed E-state index contributed by atoms with van der Waals surface area (Å²) < 4.78 is 1.94. The van der Waals surface area contributed by atoms with E-state index in [0.29, 0.717) is 6.04 Å². The van der Waals surface area contributed by atoms with Crippen molar-refractivity contribution in [2.75, 3.05) is 0 Å². The largest absolute Gasteiger partial charge is 0.352 e. The summed E-state index contributed by atoms with van der Waals surface area (Å²) in [6, 6.07) is 10.2. The van der Waals surface area contributed by atoms with Gasteiger partial charge in [0, 0.05) is 25.5 Å². The van der Waals surface area contributed by atoms with Gasteiger partial charge in [0.1, 0.15) is 5.25 Å². The van der Waals surface area contributed by atoms with Gasteiger partial charge in [-0.2, -0.15) is 0 Å². The molecule has 2 aromatic rings. The molecular formula is C15H17N3OS. The predicted octanol–water partition coefficient (Wildman–Crippen LogP) is 2.53. The number of carbonyl (C=O) groups is 1. The van der Waals surface area contributed by atoms with Crippen molar-refractivity contribution in [1.29, 1.82) is 0 Å². The highest BCUT2D eigenvalue weighted by atomic mass is 32.2. The van der Waals surface area contributed by atoms with Gasteiger partial charge in [-0.15, -0.1) is 0 Å². The third kappa shape index (κ3) is 3.04. The standard InChI is InChI=1S/C15H17N3OS/c1-18-10-9-16-15(18)20-13(11-5-3-2-4-6-11)14(19)17-12-7-8-12/h2-6,9-10,12-13H,7-8H2,1H3,(H,17,19)/t13-/m0/s1. The number of amides is 1. The number of aryl methyl sites for hydroxylation is 1. The second kappa shape index (κ2) is 5.71. The average molecular weight is 287 g/mol. The molecule has 0 bridgehead atoms. The highest BCUT2D eigenvalue weighted by Crippen LogP contribution is 2.35. The van der Waals surface area contributed by atoms with E-state index in [1.54, 1.807) is 6.20 Å². The van der Waals surface area contributed by atoms with Crippen LogP contribution in [0.4, 0.5) is 0 Å². The third-order valence-corrected chi connectivity index (χ3v) is 4.59. The van der Waals surface area contributed by atoms with Crippen molar-refractivity contribution >= 4 is 17.7 Å². The second-order valence-electron chi connectivity index (χ2n) is 5.01. The number of carbonyl (C=O) groups excluding carboxylic acids is 1. The Bertz CT molecular complexity index is 592. The smallest absolute Gasteiger partial charge is 0.238 e. The minimum Gasteiger partial charge on any atom is -0.352 e. The molecular weight excluding hydrogens is 270 g/mol. The number of thioether (sulfide) groups is 1. The molecule has 1 aliphatic rings. The van der Waals surface area contributed by atoms with Crippen LogP contribution in [0.3, 0.4) is 0 Å². The van der Waals surface area contributed by atoms with E-state index in [0.717, 1.165) is 23.6 Å². The summed E-state index contributed by atoms with van der Waals surface area (Å²) in [5.74, 6) is 0.0756. The van der Waals surface area contributed by atoms with E-state index in [1.165, 1.54) is 11.8 Å². The van der Waals surface area contributed by atoms with Gasteiger partial charge in [-0.25, -0.2) is 4.98 Å². The zero-order valence-electron chi connectivity index (χ0n) is 11.3. The van der Waals surface area contributed by atoms with Crippen LogP contribution in [0.15, 0.2) is 47.9 Å². The molecule has 1 aromatic heterocycles. The molecule has 0 unspecified atom stereocenters. The van der Waals surface area contributed by atoms with Crippen LogP contribution in [-0.2, 0) is 11.8 Å². The monoisotopic (exact) mass is 287 g/mol. The normalized spacial score (nSPS) is 15.8. The summed E-state index contributed by atoms with van der Waals surface area (Å²) >= 11 is 1.49. The summed E-state index contributed by atoms with van der Waals surface area (Å²) in [5.41, 5.74) is 1.01. The molecule has 0 radical (unpaired) electrons. The van der Waals surface area contributed by atoms with Gasteiger partial charge in [0.05, 0.1) is 0 Å². The van der Waals surface area contributed by atoms with E-state index in [-0.39, 0.29) is 11.2 Å². The summed E-state index contributed by atoms with van der Waals surface area (Å²) in [4.78, 5) is 16.8. The molecule has 1 saturated carbocycles. The number of nitrogens with zero attached hydrogens (tertiary/aromatic N) is 2. The maximum absolute atomic E-state index is 12.5. The van der Waals surface area contributed by atoms with Crippen LogP contribution >= 0.6 is 11.8 Å². The molecule has 1 amide bonds. The molecule has 1 aromatic carbocycles. The first kappa shape index (κ1) is 13.2. The van der Waals surface area contributed by atoms with Crippen LogP contribution in [0.1, 0.15) is 23.7 Å². The van der Waals surface area contributed by atoms with Gasteiger partial charge < -0.3 is 9.88 Å². The van der Waals surface area contributed by atoms with E-state index in [9.17, 15) is 4.79 Å². The van der Waals surface area contributed by atoms with E-state index in [2.05, 4.69) is 10.3 Å². The first-order chi connectivity index (χ1) is 9.74. The fourth-order valence-electron chi connectivity index (χ4n) is 1.98. The lowest BCUT2D eigenvalue weighted by atomic mass is 10.1. The van der Waals surface area contributed by atoms with Crippen molar-refractivity contribution in [2.24, 2.45) is 7.05 Å². The van der Waals surface area contributed by atoms with E-state index in [4.69, 9.17) is 0 Å². The molecule has 5 heteroatoms. The summed E-state index contributed by atoms with van der Waals surface area (Å²) in [6.45, 7) is 0. The van der Waals surface area contributed by atoms with Crippen molar-refractivity contribution in [3.63, 3.8) is 0 Å². The van der Waals surface area contributed by atoms with Crippen molar-refractivity contribution < 1.29 is 4.79 Å². The molecule has 3 rings (SSSR count). The van der Waals surface area contributed by atoms with Crippen LogP contribution < -0.4 is 5.32 Å². The molecule has 0 spiro atoms. The van der Waals surface area contributed by atoms with Gasteiger partial charge in [0.2, 0.25) is 5.91 Å². The molecule has 0 saturated heterocycles. The number of rotatable bonds is 5. The van der Waals surface area contributed by atoms with Crippen molar-refractivity contribution in [2.45, 2.75) is 29.3 Å². The van der Waals surface area contributed by atoms with Crippen molar-refractivity contribution in [1.82, 2.24) is 14.9 Å². The van der Waals surface area contributed by atoms with E-state index >= 15 is 0 Å². The van der Waals surface area contributed by atoms with Crippen molar-refractivity contribution in [3.8, 4) is 0 Å². The minimum absolute atomic E-state index is 0.0756. The van der Waals surface area contributed by atoms with Gasteiger partial charge in [-0.1, -0.05) is 42.1 Å². The zero-order chi connectivity index (χ0) is 13.9. The highest BCUT2D eigenvalue weighted by Gasteiger charge is 2.29. The summed E-state index contributed by atoms with van der Waals surface area (Å²) in [7, 11) is 1.94. The van der Waals surface area contributed by atoms with Gasteiger partial charge in [0.25, 0.3) is 0 Å².